The normalized spacial score (nSPS) is 10.4. The SMILES string of the molecule is N#Cc1ccsc1NC(=O)CSc1n[nH]c(=O)n1CCc1ccccc1. The molecule has 1 amide bonds. The number of nitrogens with zero attached hydrogens (tertiary/aromatic N) is 3. The summed E-state index contributed by atoms with van der Waals surface area (Å²) in [6.45, 7) is 0.479. The zero-order valence-corrected chi connectivity index (χ0v) is 15.3. The predicted octanol–water partition coefficient (Wildman–Crippen LogP) is 2.48. The van der Waals surface area contributed by atoms with Crippen LogP contribution in [-0.4, -0.2) is 26.4 Å². The zero-order valence-electron chi connectivity index (χ0n) is 13.6. The molecule has 132 valence electrons. The molecule has 0 aliphatic rings. The molecule has 0 aliphatic heterocycles. The van der Waals surface area contributed by atoms with Gasteiger partial charge in [0, 0.05) is 6.54 Å². The van der Waals surface area contributed by atoms with Gasteiger partial charge in [0.15, 0.2) is 5.16 Å². The highest BCUT2D eigenvalue weighted by atomic mass is 32.2. The van der Waals surface area contributed by atoms with E-state index in [4.69, 9.17) is 5.26 Å². The molecular weight excluding hydrogens is 370 g/mol. The summed E-state index contributed by atoms with van der Waals surface area (Å²) in [6.07, 6.45) is 0.695. The zero-order chi connectivity index (χ0) is 18.4. The number of nitriles is 1. The maximum absolute atomic E-state index is 12.1. The minimum absolute atomic E-state index is 0.0956. The third-order valence-electron chi connectivity index (χ3n) is 3.56. The van der Waals surface area contributed by atoms with Gasteiger partial charge in [-0.3, -0.25) is 9.36 Å². The minimum atomic E-state index is -0.297. The Morgan fingerprint density at radius 1 is 1.35 bits per heavy atom. The number of amides is 1. The van der Waals surface area contributed by atoms with E-state index < -0.39 is 0 Å². The summed E-state index contributed by atoms with van der Waals surface area (Å²) in [5.74, 6) is -0.155. The van der Waals surface area contributed by atoms with E-state index in [0.29, 0.717) is 28.7 Å². The van der Waals surface area contributed by atoms with Gasteiger partial charge in [-0.25, -0.2) is 9.89 Å². The van der Waals surface area contributed by atoms with Crippen molar-refractivity contribution in [1.29, 1.82) is 5.26 Å². The molecule has 26 heavy (non-hydrogen) atoms. The van der Waals surface area contributed by atoms with Crippen LogP contribution in [0.25, 0.3) is 0 Å². The molecule has 0 saturated heterocycles. The maximum Gasteiger partial charge on any atom is 0.343 e. The highest BCUT2D eigenvalue weighted by Gasteiger charge is 2.13. The Labute approximate surface area is 157 Å². The molecule has 2 N–H and O–H groups in total. The molecule has 3 aromatic rings. The van der Waals surface area contributed by atoms with E-state index in [9.17, 15) is 9.59 Å². The molecule has 0 saturated carbocycles. The van der Waals surface area contributed by atoms with Crippen LogP contribution in [0.4, 0.5) is 5.00 Å². The summed E-state index contributed by atoms with van der Waals surface area (Å²) in [5, 5.41) is 20.8. The molecule has 0 radical (unpaired) electrons. The van der Waals surface area contributed by atoms with Crippen LogP contribution in [0.3, 0.4) is 0 Å². The largest absolute Gasteiger partial charge is 0.343 e. The summed E-state index contributed by atoms with van der Waals surface area (Å²) in [7, 11) is 0. The van der Waals surface area contributed by atoms with Gasteiger partial charge in [0.1, 0.15) is 11.1 Å². The van der Waals surface area contributed by atoms with E-state index >= 15 is 0 Å². The molecule has 0 unspecified atom stereocenters. The first-order valence-electron chi connectivity index (χ1n) is 7.76. The molecule has 0 spiro atoms. The highest BCUT2D eigenvalue weighted by molar-refractivity contribution is 7.99. The number of anilines is 1. The second-order valence-electron chi connectivity index (χ2n) is 5.31. The van der Waals surface area contributed by atoms with E-state index in [1.165, 1.54) is 27.7 Å². The van der Waals surface area contributed by atoms with E-state index in [1.807, 2.05) is 36.4 Å². The average molecular weight is 385 g/mol. The van der Waals surface area contributed by atoms with Crippen LogP contribution in [0.15, 0.2) is 51.7 Å². The number of aromatic amines is 1. The Balaban J connectivity index is 1.59. The Kier molecular flexibility index (Phi) is 5.88. The lowest BCUT2D eigenvalue weighted by Gasteiger charge is -2.06. The predicted molar refractivity (Wildman–Crippen MR) is 101 cm³/mol. The fourth-order valence-corrected chi connectivity index (χ4v) is 3.81. The molecule has 0 fully saturated rings. The topological polar surface area (TPSA) is 104 Å². The molecule has 0 atom stereocenters. The molecule has 2 aromatic heterocycles. The van der Waals surface area contributed by atoms with Gasteiger partial charge in [-0.2, -0.15) is 5.26 Å². The number of hydrogen-bond acceptors (Lipinski definition) is 6. The fraction of sp³-hybridized carbons (Fsp3) is 0.176. The Hall–Kier alpha value is -2.83. The van der Waals surface area contributed by atoms with Crippen molar-refractivity contribution in [3.8, 4) is 6.07 Å². The van der Waals surface area contributed by atoms with Crippen molar-refractivity contribution < 1.29 is 4.79 Å². The first kappa shape index (κ1) is 18.0. The molecule has 0 bridgehead atoms. The lowest BCUT2D eigenvalue weighted by atomic mass is 10.1. The molecular formula is C17H15N5O2S2. The average Bonchev–Trinajstić information content (AvgIpc) is 3.25. The molecule has 0 aliphatic carbocycles. The third kappa shape index (κ3) is 4.41. The van der Waals surface area contributed by atoms with Crippen molar-refractivity contribution in [3.63, 3.8) is 0 Å². The number of thioether (sulfide) groups is 1. The number of H-pyrrole nitrogens is 1. The number of carbonyl (C=O) groups is 1. The number of rotatable bonds is 7. The van der Waals surface area contributed by atoms with Crippen molar-refractivity contribution in [2.45, 2.75) is 18.1 Å². The van der Waals surface area contributed by atoms with Gasteiger partial charge in [-0.1, -0.05) is 42.1 Å². The maximum atomic E-state index is 12.1. The summed E-state index contributed by atoms with van der Waals surface area (Å²) in [6, 6.07) is 13.5. The Bertz CT molecular complexity index is 984. The van der Waals surface area contributed by atoms with Crippen molar-refractivity contribution in [1.82, 2.24) is 14.8 Å². The van der Waals surface area contributed by atoms with E-state index in [0.717, 1.165) is 5.56 Å². The molecule has 2 heterocycles. The van der Waals surface area contributed by atoms with Crippen LogP contribution in [-0.2, 0) is 17.8 Å². The number of benzene rings is 1. The van der Waals surface area contributed by atoms with E-state index in [2.05, 4.69) is 15.5 Å². The van der Waals surface area contributed by atoms with Gasteiger partial charge in [0.25, 0.3) is 0 Å². The van der Waals surface area contributed by atoms with Gasteiger partial charge >= 0.3 is 5.69 Å². The second-order valence-corrected chi connectivity index (χ2v) is 7.17. The van der Waals surface area contributed by atoms with Gasteiger partial charge in [0.05, 0.1) is 11.3 Å². The summed E-state index contributed by atoms with van der Waals surface area (Å²) < 4.78 is 1.52. The van der Waals surface area contributed by atoms with E-state index in [-0.39, 0.29) is 17.3 Å². The Morgan fingerprint density at radius 3 is 2.92 bits per heavy atom. The summed E-state index contributed by atoms with van der Waals surface area (Å²) in [4.78, 5) is 24.0. The molecule has 3 rings (SSSR count). The molecule has 9 heteroatoms. The first-order valence-corrected chi connectivity index (χ1v) is 9.63. The number of aromatic nitrogens is 3. The van der Waals surface area contributed by atoms with Gasteiger partial charge < -0.3 is 5.32 Å². The van der Waals surface area contributed by atoms with Crippen LogP contribution in [0.5, 0.6) is 0 Å². The van der Waals surface area contributed by atoms with Gasteiger partial charge in [-0.15, -0.1) is 16.4 Å². The lowest BCUT2D eigenvalue weighted by molar-refractivity contribution is -0.113. The Morgan fingerprint density at radius 2 is 2.15 bits per heavy atom. The first-order chi connectivity index (χ1) is 12.7. The smallest absolute Gasteiger partial charge is 0.316 e. The van der Waals surface area contributed by atoms with Crippen molar-refractivity contribution in [2.75, 3.05) is 11.1 Å². The summed E-state index contributed by atoms with van der Waals surface area (Å²) >= 11 is 2.47. The van der Waals surface area contributed by atoms with Crippen LogP contribution in [0.1, 0.15) is 11.1 Å². The molecule has 7 nitrogen and oxygen atoms in total. The number of carbonyl (C=O) groups excluding carboxylic acids is 1. The molecule has 1 aromatic carbocycles. The fourth-order valence-electron chi connectivity index (χ4n) is 2.28. The monoisotopic (exact) mass is 385 g/mol. The van der Waals surface area contributed by atoms with Crippen LogP contribution >= 0.6 is 23.1 Å². The summed E-state index contributed by atoms with van der Waals surface area (Å²) in [5.41, 5.74) is 1.26. The van der Waals surface area contributed by atoms with Crippen molar-refractivity contribution in [2.24, 2.45) is 0 Å². The van der Waals surface area contributed by atoms with Crippen LogP contribution in [0, 0.1) is 11.3 Å². The van der Waals surface area contributed by atoms with Crippen molar-refractivity contribution >= 4 is 34.0 Å². The van der Waals surface area contributed by atoms with Gasteiger partial charge in [-0.05, 0) is 23.4 Å². The number of nitrogens with one attached hydrogen (secondary N) is 2. The van der Waals surface area contributed by atoms with Crippen LogP contribution in [0.2, 0.25) is 0 Å². The number of aryl methyl sites for hydroxylation is 1. The second kappa shape index (κ2) is 8.51. The number of hydrogen-bond donors (Lipinski definition) is 2. The number of thiophene rings is 1. The van der Waals surface area contributed by atoms with Crippen LogP contribution < -0.4 is 11.0 Å². The lowest BCUT2D eigenvalue weighted by Crippen LogP contribution is -2.20. The standard InChI is InChI=1S/C17H15N5O2S2/c18-10-13-7-9-25-15(13)19-14(23)11-26-17-21-20-16(24)22(17)8-6-12-4-2-1-3-5-12/h1-5,7,9H,6,8,11H2,(H,19,23)(H,20,24). The van der Waals surface area contributed by atoms with E-state index in [1.54, 1.807) is 11.4 Å². The quantitative estimate of drug-likeness (QED) is 0.608. The van der Waals surface area contributed by atoms with Crippen molar-refractivity contribution in [3.05, 3.63) is 63.4 Å². The third-order valence-corrected chi connectivity index (χ3v) is 5.37. The minimum Gasteiger partial charge on any atom is -0.316 e. The van der Waals surface area contributed by atoms with Gasteiger partial charge in [0.2, 0.25) is 5.91 Å². The highest BCUT2D eigenvalue weighted by Crippen LogP contribution is 2.23.